The predicted molar refractivity (Wildman–Crippen MR) is 79.1 cm³/mol. The lowest BCUT2D eigenvalue weighted by Gasteiger charge is -2.20. The zero-order chi connectivity index (χ0) is 16.4. The first kappa shape index (κ1) is 18.4. The zero-order valence-electron chi connectivity index (χ0n) is 12.8. The standard InChI is InChI=1S/C14H25N3O5/c15-11(14(21)17-7-3-4-8-17)9-22-10-12(18)16-6-2-1-5-13(19)20/h11H,1-10,15H2,(H,16,18)(H,19,20)/t11-/m0/s1. The molecule has 0 saturated carbocycles. The summed E-state index contributed by atoms with van der Waals surface area (Å²) >= 11 is 0. The molecule has 0 aliphatic carbocycles. The van der Waals surface area contributed by atoms with Crippen molar-refractivity contribution < 1.29 is 24.2 Å². The third-order valence-corrected chi connectivity index (χ3v) is 3.41. The second-order valence-electron chi connectivity index (χ2n) is 5.35. The minimum absolute atomic E-state index is 0.0156. The summed E-state index contributed by atoms with van der Waals surface area (Å²) in [5.74, 6) is -1.27. The van der Waals surface area contributed by atoms with Gasteiger partial charge in [0.05, 0.1) is 6.61 Å². The zero-order valence-corrected chi connectivity index (χ0v) is 12.8. The number of nitrogens with zero attached hydrogens (tertiary/aromatic N) is 1. The van der Waals surface area contributed by atoms with E-state index in [0.717, 1.165) is 25.9 Å². The largest absolute Gasteiger partial charge is 0.481 e. The number of nitrogens with one attached hydrogen (secondary N) is 1. The number of hydrogen-bond acceptors (Lipinski definition) is 5. The number of likely N-dealkylation sites (tertiary alicyclic amines) is 1. The van der Waals surface area contributed by atoms with Crippen LogP contribution in [0.4, 0.5) is 0 Å². The van der Waals surface area contributed by atoms with Crippen molar-refractivity contribution >= 4 is 17.8 Å². The highest BCUT2D eigenvalue weighted by molar-refractivity contribution is 5.82. The molecule has 1 rings (SSSR count). The molecule has 0 unspecified atom stereocenters. The normalized spacial score (nSPS) is 15.6. The van der Waals surface area contributed by atoms with Gasteiger partial charge in [-0.15, -0.1) is 0 Å². The van der Waals surface area contributed by atoms with E-state index in [1.807, 2.05) is 0 Å². The van der Waals surface area contributed by atoms with Gasteiger partial charge in [0, 0.05) is 26.1 Å². The maximum absolute atomic E-state index is 11.9. The highest BCUT2D eigenvalue weighted by Crippen LogP contribution is 2.08. The van der Waals surface area contributed by atoms with Crippen LogP contribution < -0.4 is 11.1 Å². The topological polar surface area (TPSA) is 122 Å². The number of ether oxygens (including phenoxy) is 1. The van der Waals surface area contributed by atoms with Crippen LogP contribution in [0, 0.1) is 0 Å². The lowest BCUT2D eigenvalue weighted by Crippen LogP contribution is -2.45. The van der Waals surface area contributed by atoms with Crippen LogP contribution in [-0.2, 0) is 19.1 Å². The van der Waals surface area contributed by atoms with Crippen LogP contribution in [0.1, 0.15) is 32.1 Å². The third kappa shape index (κ3) is 7.37. The molecule has 0 aromatic carbocycles. The molecule has 0 aromatic rings. The number of carbonyl (C=O) groups is 3. The van der Waals surface area contributed by atoms with Crippen molar-refractivity contribution in [3.63, 3.8) is 0 Å². The van der Waals surface area contributed by atoms with Gasteiger partial charge in [-0.3, -0.25) is 14.4 Å². The van der Waals surface area contributed by atoms with Crippen molar-refractivity contribution in [1.82, 2.24) is 10.2 Å². The lowest BCUT2D eigenvalue weighted by atomic mass is 10.2. The summed E-state index contributed by atoms with van der Waals surface area (Å²) in [4.78, 5) is 35.4. The van der Waals surface area contributed by atoms with E-state index in [1.165, 1.54) is 0 Å². The van der Waals surface area contributed by atoms with Crippen LogP contribution in [-0.4, -0.2) is 66.7 Å². The van der Waals surface area contributed by atoms with E-state index in [9.17, 15) is 14.4 Å². The summed E-state index contributed by atoms with van der Waals surface area (Å²) in [6, 6.07) is -0.735. The van der Waals surface area contributed by atoms with Gasteiger partial charge in [0.2, 0.25) is 11.8 Å². The molecule has 4 N–H and O–H groups in total. The molecule has 126 valence electrons. The van der Waals surface area contributed by atoms with E-state index < -0.39 is 12.0 Å². The Kier molecular flexibility index (Phi) is 8.46. The summed E-state index contributed by atoms with van der Waals surface area (Å²) in [7, 11) is 0. The molecule has 1 aliphatic heterocycles. The summed E-state index contributed by atoms with van der Waals surface area (Å²) in [5.41, 5.74) is 5.75. The average Bonchev–Trinajstić information content (AvgIpc) is 2.99. The molecule has 1 saturated heterocycles. The second kappa shape index (κ2) is 10.1. The molecule has 0 spiro atoms. The molecular formula is C14H25N3O5. The minimum atomic E-state index is -0.841. The van der Waals surface area contributed by atoms with Gasteiger partial charge in [0.1, 0.15) is 12.6 Å². The molecule has 22 heavy (non-hydrogen) atoms. The Morgan fingerprint density at radius 1 is 1.23 bits per heavy atom. The Bertz CT molecular complexity index is 383. The van der Waals surface area contributed by atoms with Gasteiger partial charge in [0.25, 0.3) is 0 Å². The first-order valence-electron chi connectivity index (χ1n) is 7.61. The highest BCUT2D eigenvalue weighted by atomic mass is 16.5. The van der Waals surface area contributed by atoms with Crippen molar-refractivity contribution in [3.05, 3.63) is 0 Å². The fourth-order valence-electron chi connectivity index (χ4n) is 2.20. The van der Waals surface area contributed by atoms with Gasteiger partial charge >= 0.3 is 5.97 Å². The van der Waals surface area contributed by atoms with Crippen molar-refractivity contribution in [2.45, 2.75) is 38.1 Å². The van der Waals surface area contributed by atoms with E-state index in [4.69, 9.17) is 15.6 Å². The smallest absolute Gasteiger partial charge is 0.303 e. The molecule has 2 amide bonds. The average molecular weight is 315 g/mol. The van der Waals surface area contributed by atoms with Crippen LogP contribution >= 0.6 is 0 Å². The fraction of sp³-hybridized carbons (Fsp3) is 0.786. The summed E-state index contributed by atoms with van der Waals surface area (Å²) in [5, 5.41) is 11.1. The van der Waals surface area contributed by atoms with Gasteiger partial charge in [-0.1, -0.05) is 0 Å². The summed E-state index contributed by atoms with van der Waals surface area (Å²) in [6.45, 7) is 1.75. The number of rotatable bonds is 10. The lowest BCUT2D eigenvalue weighted by molar-refractivity contribution is -0.137. The number of aliphatic carboxylic acids is 1. The van der Waals surface area contributed by atoms with Gasteiger partial charge < -0.3 is 25.8 Å². The van der Waals surface area contributed by atoms with Gasteiger partial charge in [0.15, 0.2) is 0 Å². The number of carboxylic acid groups (broad SMARTS) is 1. The Labute approximate surface area is 130 Å². The first-order chi connectivity index (χ1) is 10.5. The molecule has 1 heterocycles. The summed E-state index contributed by atoms with van der Waals surface area (Å²) < 4.78 is 5.15. The van der Waals surface area contributed by atoms with E-state index in [0.29, 0.717) is 19.4 Å². The van der Waals surface area contributed by atoms with Gasteiger partial charge in [-0.2, -0.15) is 0 Å². The van der Waals surface area contributed by atoms with Crippen LogP contribution in [0.25, 0.3) is 0 Å². The van der Waals surface area contributed by atoms with Crippen molar-refractivity contribution in [2.24, 2.45) is 5.73 Å². The molecular weight excluding hydrogens is 290 g/mol. The fourth-order valence-corrected chi connectivity index (χ4v) is 2.20. The monoisotopic (exact) mass is 315 g/mol. The second-order valence-corrected chi connectivity index (χ2v) is 5.35. The molecule has 0 bridgehead atoms. The molecule has 0 radical (unpaired) electrons. The number of amides is 2. The molecule has 8 heteroatoms. The van der Waals surface area contributed by atoms with Gasteiger partial charge in [-0.05, 0) is 25.7 Å². The quantitative estimate of drug-likeness (QED) is 0.459. The first-order valence-corrected chi connectivity index (χ1v) is 7.61. The van der Waals surface area contributed by atoms with Crippen LogP contribution in [0.2, 0.25) is 0 Å². The third-order valence-electron chi connectivity index (χ3n) is 3.41. The minimum Gasteiger partial charge on any atom is -0.481 e. The van der Waals surface area contributed by atoms with Gasteiger partial charge in [-0.25, -0.2) is 0 Å². The van der Waals surface area contributed by atoms with E-state index >= 15 is 0 Å². The number of carbonyl (C=O) groups excluding carboxylic acids is 2. The number of nitrogens with two attached hydrogens (primary N) is 1. The molecule has 1 aliphatic rings. The Morgan fingerprint density at radius 2 is 1.91 bits per heavy atom. The van der Waals surface area contributed by atoms with E-state index in [2.05, 4.69) is 5.32 Å². The van der Waals surface area contributed by atoms with Crippen LogP contribution in [0.15, 0.2) is 0 Å². The Hall–Kier alpha value is -1.67. The van der Waals surface area contributed by atoms with Crippen LogP contribution in [0.3, 0.4) is 0 Å². The van der Waals surface area contributed by atoms with Crippen LogP contribution in [0.5, 0.6) is 0 Å². The molecule has 1 fully saturated rings. The number of hydrogen-bond donors (Lipinski definition) is 3. The van der Waals surface area contributed by atoms with Crippen molar-refractivity contribution in [1.29, 1.82) is 0 Å². The maximum atomic E-state index is 11.9. The Balaban J connectivity index is 2.03. The molecule has 1 atom stereocenters. The number of unbranched alkanes of at least 4 members (excludes halogenated alkanes) is 1. The van der Waals surface area contributed by atoms with E-state index in [-0.39, 0.29) is 31.4 Å². The number of carboxylic acids is 1. The SMILES string of the molecule is N[C@@H](COCC(=O)NCCCCC(=O)O)C(=O)N1CCCC1. The molecule has 8 nitrogen and oxygen atoms in total. The molecule has 0 aromatic heterocycles. The highest BCUT2D eigenvalue weighted by Gasteiger charge is 2.23. The maximum Gasteiger partial charge on any atom is 0.303 e. The Morgan fingerprint density at radius 3 is 2.55 bits per heavy atom. The predicted octanol–water partition coefficient (Wildman–Crippen LogP) is -0.676. The van der Waals surface area contributed by atoms with E-state index in [1.54, 1.807) is 4.90 Å². The summed E-state index contributed by atoms with van der Waals surface area (Å²) in [6.07, 6.45) is 3.23. The van der Waals surface area contributed by atoms with Crippen molar-refractivity contribution in [2.75, 3.05) is 32.8 Å². The van der Waals surface area contributed by atoms with Crippen molar-refractivity contribution in [3.8, 4) is 0 Å².